The van der Waals surface area contributed by atoms with Gasteiger partial charge in [0.15, 0.2) is 5.76 Å². The molecule has 0 unspecified atom stereocenters. The molecule has 1 aromatic heterocycles. The molecule has 3 rings (SSSR count). The maximum atomic E-state index is 12.9. The van der Waals surface area contributed by atoms with Crippen molar-refractivity contribution in [1.82, 2.24) is 9.21 Å². The topological polar surface area (TPSA) is 96.8 Å². The van der Waals surface area contributed by atoms with Gasteiger partial charge in [-0.15, -0.1) is 0 Å². The summed E-state index contributed by atoms with van der Waals surface area (Å²) in [5, 5.41) is -0.284. The molecule has 134 valence electrons. The number of furan rings is 1. The largest absolute Gasteiger partial charge is 0.438 e. The lowest BCUT2D eigenvalue weighted by atomic mass is 10.2. The van der Waals surface area contributed by atoms with E-state index >= 15 is 0 Å². The number of nitrogens with two attached hydrogens (primary N) is 1. The Morgan fingerprint density at radius 3 is 2.28 bits per heavy atom. The summed E-state index contributed by atoms with van der Waals surface area (Å²) >= 11 is 0. The lowest BCUT2D eigenvalue weighted by Crippen LogP contribution is -2.48. The number of nitrogens with zero attached hydrogens (tertiary/aromatic N) is 2. The zero-order valence-corrected chi connectivity index (χ0v) is 14.2. The summed E-state index contributed by atoms with van der Waals surface area (Å²) < 4.78 is 44.4. The summed E-state index contributed by atoms with van der Waals surface area (Å²) in [6.07, 6.45) is 0. The van der Waals surface area contributed by atoms with Crippen LogP contribution >= 0.6 is 0 Å². The summed E-state index contributed by atoms with van der Waals surface area (Å²) in [6.45, 7) is 2.31. The van der Waals surface area contributed by atoms with Crippen LogP contribution in [0.25, 0.3) is 0 Å². The van der Waals surface area contributed by atoms with E-state index in [-0.39, 0.29) is 16.7 Å². The molecule has 0 atom stereocenters. The first-order chi connectivity index (χ1) is 11.9. The highest BCUT2D eigenvalue weighted by atomic mass is 32.2. The van der Waals surface area contributed by atoms with Gasteiger partial charge in [-0.05, 0) is 29.8 Å². The normalized spacial score (nSPS) is 16.8. The van der Waals surface area contributed by atoms with Gasteiger partial charge in [0.2, 0.25) is 5.09 Å². The fraction of sp³-hybridized carbons (Fsp3) is 0.312. The van der Waals surface area contributed by atoms with Crippen molar-refractivity contribution in [2.45, 2.75) is 11.6 Å². The standard InChI is InChI=1S/C16H18FN3O4S/c17-13-3-1-12(2-4-13)11-19-7-9-20(10-8-19)25(22,23)15-6-5-14(24-15)16(18)21/h1-6H,7-11H2,(H2,18,21). The Morgan fingerprint density at radius 1 is 1.08 bits per heavy atom. The zero-order chi connectivity index (χ0) is 18.0. The lowest BCUT2D eigenvalue weighted by Gasteiger charge is -2.33. The number of primary amides is 1. The second-order valence-electron chi connectivity index (χ2n) is 5.79. The van der Waals surface area contributed by atoms with E-state index in [1.54, 1.807) is 12.1 Å². The molecule has 9 heteroatoms. The number of hydrogen-bond donors (Lipinski definition) is 1. The van der Waals surface area contributed by atoms with E-state index in [9.17, 15) is 17.6 Å². The summed E-state index contributed by atoms with van der Waals surface area (Å²) in [4.78, 5) is 13.1. The number of hydrogen-bond acceptors (Lipinski definition) is 5. The van der Waals surface area contributed by atoms with Gasteiger partial charge < -0.3 is 10.2 Å². The van der Waals surface area contributed by atoms with E-state index in [0.717, 1.165) is 5.56 Å². The molecule has 0 aliphatic carbocycles. The molecule has 2 N–H and O–H groups in total. The highest BCUT2D eigenvalue weighted by molar-refractivity contribution is 7.89. The van der Waals surface area contributed by atoms with E-state index < -0.39 is 15.9 Å². The van der Waals surface area contributed by atoms with Crippen LogP contribution in [0, 0.1) is 5.82 Å². The Labute approximate surface area is 144 Å². The molecule has 1 fully saturated rings. The van der Waals surface area contributed by atoms with Crippen LogP contribution in [0.15, 0.2) is 45.9 Å². The van der Waals surface area contributed by atoms with Crippen molar-refractivity contribution in [2.24, 2.45) is 5.73 Å². The van der Waals surface area contributed by atoms with Crippen molar-refractivity contribution in [2.75, 3.05) is 26.2 Å². The average Bonchev–Trinajstić information content (AvgIpc) is 3.09. The third-order valence-corrected chi connectivity index (χ3v) is 5.84. The molecule has 1 aliphatic rings. The van der Waals surface area contributed by atoms with E-state index in [1.165, 1.54) is 28.6 Å². The number of carbonyl (C=O) groups excluding carboxylic acids is 1. The lowest BCUT2D eigenvalue weighted by molar-refractivity contribution is 0.0968. The molecule has 0 saturated carbocycles. The van der Waals surface area contributed by atoms with E-state index in [4.69, 9.17) is 10.2 Å². The van der Waals surface area contributed by atoms with E-state index in [2.05, 4.69) is 4.90 Å². The van der Waals surface area contributed by atoms with E-state index in [1.807, 2.05) is 0 Å². The van der Waals surface area contributed by atoms with Crippen LogP contribution < -0.4 is 5.73 Å². The van der Waals surface area contributed by atoms with Gasteiger partial charge >= 0.3 is 0 Å². The minimum atomic E-state index is -3.79. The van der Waals surface area contributed by atoms with Crippen LogP contribution in [0.1, 0.15) is 16.1 Å². The van der Waals surface area contributed by atoms with Crippen molar-refractivity contribution in [3.05, 3.63) is 53.5 Å². The maximum absolute atomic E-state index is 12.9. The second kappa shape index (κ2) is 6.95. The fourth-order valence-corrected chi connectivity index (χ4v) is 4.03. The smallest absolute Gasteiger partial charge is 0.284 e. The van der Waals surface area contributed by atoms with Crippen molar-refractivity contribution >= 4 is 15.9 Å². The zero-order valence-electron chi connectivity index (χ0n) is 13.4. The van der Waals surface area contributed by atoms with Gasteiger partial charge in [-0.2, -0.15) is 4.31 Å². The molecule has 1 saturated heterocycles. The molecular weight excluding hydrogens is 349 g/mol. The molecule has 0 radical (unpaired) electrons. The molecule has 1 aliphatic heterocycles. The molecule has 2 aromatic rings. The van der Waals surface area contributed by atoms with Gasteiger partial charge in [-0.1, -0.05) is 12.1 Å². The molecule has 0 spiro atoms. The summed E-state index contributed by atoms with van der Waals surface area (Å²) in [5.41, 5.74) is 6.05. The minimum absolute atomic E-state index is 0.187. The predicted molar refractivity (Wildman–Crippen MR) is 87.7 cm³/mol. The maximum Gasteiger partial charge on any atom is 0.284 e. The van der Waals surface area contributed by atoms with Crippen LogP contribution in [0.5, 0.6) is 0 Å². The molecule has 1 aromatic carbocycles. The van der Waals surface area contributed by atoms with Crippen LogP contribution in [0.2, 0.25) is 0 Å². The van der Waals surface area contributed by atoms with Gasteiger partial charge in [0.25, 0.3) is 15.9 Å². The van der Waals surface area contributed by atoms with Crippen molar-refractivity contribution in [3.8, 4) is 0 Å². The Bertz CT molecular complexity index is 856. The molecular formula is C16H18FN3O4S. The SMILES string of the molecule is NC(=O)c1ccc(S(=O)(=O)N2CCN(Cc3ccc(F)cc3)CC2)o1. The van der Waals surface area contributed by atoms with E-state index in [0.29, 0.717) is 32.7 Å². The first-order valence-corrected chi connectivity index (χ1v) is 9.17. The Kier molecular flexibility index (Phi) is 4.89. The molecule has 7 nitrogen and oxygen atoms in total. The number of halogens is 1. The monoisotopic (exact) mass is 367 g/mol. The van der Waals surface area contributed by atoms with Gasteiger partial charge in [0.05, 0.1) is 0 Å². The first kappa shape index (κ1) is 17.6. The highest BCUT2D eigenvalue weighted by Gasteiger charge is 2.31. The van der Waals surface area contributed by atoms with Crippen LogP contribution in [-0.4, -0.2) is 49.7 Å². The minimum Gasteiger partial charge on any atom is -0.438 e. The quantitative estimate of drug-likeness (QED) is 0.851. The number of carbonyl (C=O) groups is 1. The number of piperazine rings is 1. The van der Waals surface area contributed by atoms with Crippen LogP contribution in [-0.2, 0) is 16.6 Å². The highest BCUT2D eigenvalue weighted by Crippen LogP contribution is 2.20. The average molecular weight is 367 g/mol. The van der Waals surface area contributed by atoms with Crippen molar-refractivity contribution in [3.63, 3.8) is 0 Å². The van der Waals surface area contributed by atoms with Crippen molar-refractivity contribution in [1.29, 1.82) is 0 Å². The number of amides is 1. The van der Waals surface area contributed by atoms with Crippen molar-refractivity contribution < 1.29 is 22.0 Å². The number of rotatable bonds is 5. The van der Waals surface area contributed by atoms with Gasteiger partial charge in [-0.3, -0.25) is 9.69 Å². The first-order valence-electron chi connectivity index (χ1n) is 7.73. The molecule has 2 heterocycles. The number of benzene rings is 1. The fourth-order valence-electron chi connectivity index (χ4n) is 2.69. The third kappa shape index (κ3) is 3.89. The van der Waals surface area contributed by atoms with Gasteiger partial charge in [-0.25, -0.2) is 12.8 Å². The summed E-state index contributed by atoms with van der Waals surface area (Å²) in [6, 6.07) is 8.73. The Hall–Kier alpha value is -2.23. The Balaban J connectivity index is 1.62. The predicted octanol–water partition coefficient (Wildman–Crippen LogP) is 1.02. The molecule has 25 heavy (non-hydrogen) atoms. The summed E-state index contributed by atoms with van der Waals surface area (Å²) in [5.74, 6) is -1.28. The van der Waals surface area contributed by atoms with Crippen LogP contribution in [0.3, 0.4) is 0 Å². The Morgan fingerprint density at radius 2 is 1.72 bits per heavy atom. The number of sulfonamides is 1. The van der Waals surface area contributed by atoms with Crippen LogP contribution in [0.4, 0.5) is 4.39 Å². The third-order valence-electron chi connectivity index (χ3n) is 4.07. The van der Waals surface area contributed by atoms with Gasteiger partial charge in [0, 0.05) is 32.7 Å². The molecule has 0 bridgehead atoms. The van der Waals surface area contributed by atoms with Gasteiger partial charge in [0.1, 0.15) is 5.82 Å². The molecule has 1 amide bonds. The summed E-state index contributed by atoms with van der Waals surface area (Å²) in [7, 11) is -3.79. The second-order valence-corrected chi connectivity index (χ2v) is 7.66.